The molecule has 0 amide bonds. The van der Waals surface area contributed by atoms with E-state index in [1.807, 2.05) is 0 Å². The minimum absolute atomic E-state index is 0.253. The van der Waals surface area contributed by atoms with E-state index in [1.54, 1.807) is 12.1 Å². The van der Waals surface area contributed by atoms with Crippen LogP contribution in [0.5, 0.6) is 0 Å². The molecule has 0 aliphatic rings. The summed E-state index contributed by atoms with van der Waals surface area (Å²) >= 11 is 6.86. The molecule has 1 rings (SSSR count). The topological polar surface area (TPSA) is 40.5 Å². The number of halogens is 1. The summed E-state index contributed by atoms with van der Waals surface area (Å²) in [5, 5.41) is 17.6. The van der Waals surface area contributed by atoms with Crippen molar-refractivity contribution in [1.82, 2.24) is 0 Å². The van der Waals surface area contributed by atoms with Gasteiger partial charge in [0.15, 0.2) is 0 Å². The van der Waals surface area contributed by atoms with Crippen LogP contribution in [0.1, 0.15) is 11.0 Å². The van der Waals surface area contributed by atoms with Gasteiger partial charge in [-0.05, 0) is 12.1 Å². The van der Waals surface area contributed by atoms with Gasteiger partial charge in [0.25, 0.3) is 0 Å². The number of aliphatic hydroxyl groups excluding tert-OH is 2. The Morgan fingerprint density at radius 3 is 2.70 bits per heavy atom. The van der Waals surface area contributed by atoms with Gasteiger partial charge in [0.2, 0.25) is 0 Å². The Labute approximate surface area is 67.7 Å². The first-order valence-corrected chi connectivity index (χ1v) is 3.97. The van der Waals surface area contributed by atoms with E-state index in [9.17, 15) is 0 Å². The van der Waals surface area contributed by atoms with Crippen molar-refractivity contribution in [2.45, 2.75) is 6.10 Å². The van der Waals surface area contributed by atoms with Crippen LogP contribution in [0.2, 0.25) is 4.34 Å². The minimum Gasteiger partial charge on any atom is -0.393 e. The van der Waals surface area contributed by atoms with Gasteiger partial charge in [-0.15, -0.1) is 11.3 Å². The van der Waals surface area contributed by atoms with Crippen LogP contribution in [-0.2, 0) is 0 Å². The van der Waals surface area contributed by atoms with Crippen LogP contribution in [0.15, 0.2) is 12.1 Å². The molecule has 1 heterocycles. The molecule has 1 aromatic heterocycles. The molecule has 0 unspecified atom stereocenters. The fraction of sp³-hybridized carbons (Fsp3) is 0.333. The lowest BCUT2D eigenvalue weighted by Gasteiger charge is -2.00. The first kappa shape index (κ1) is 8.01. The van der Waals surface area contributed by atoms with Crippen molar-refractivity contribution in [2.75, 3.05) is 6.61 Å². The third kappa shape index (κ3) is 1.70. The van der Waals surface area contributed by atoms with Gasteiger partial charge >= 0.3 is 0 Å². The Kier molecular flexibility index (Phi) is 2.68. The molecule has 0 aliphatic carbocycles. The number of rotatable bonds is 2. The van der Waals surface area contributed by atoms with Crippen LogP contribution < -0.4 is 0 Å². The molecule has 0 aliphatic heterocycles. The summed E-state index contributed by atoms with van der Waals surface area (Å²) in [6, 6.07) is 3.40. The van der Waals surface area contributed by atoms with Gasteiger partial charge in [-0.1, -0.05) is 11.6 Å². The molecule has 10 heavy (non-hydrogen) atoms. The Hall–Kier alpha value is -0.0900. The van der Waals surface area contributed by atoms with Crippen LogP contribution in [-0.4, -0.2) is 16.8 Å². The number of hydrogen-bond donors (Lipinski definition) is 2. The van der Waals surface area contributed by atoms with E-state index in [1.165, 1.54) is 11.3 Å². The summed E-state index contributed by atoms with van der Waals surface area (Å²) in [6.45, 7) is -0.253. The molecule has 0 fully saturated rings. The zero-order valence-electron chi connectivity index (χ0n) is 5.12. The summed E-state index contributed by atoms with van der Waals surface area (Å²) in [5.41, 5.74) is 0. The Morgan fingerprint density at radius 1 is 1.60 bits per heavy atom. The van der Waals surface area contributed by atoms with Crippen LogP contribution in [0.25, 0.3) is 0 Å². The zero-order valence-corrected chi connectivity index (χ0v) is 6.69. The smallest absolute Gasteiger partial charge is 0.111 e. The lowest BCUT2D eigenvalue weighted by molar-refractivity contribution is 0.0984. The molecule has 2 nitrogen and oxygen atoms in total. The second-order valence-electron chi connectivity index (χ2n) is 1.84. The van der Waals surface area contributed by atoms with Crippen LogP contribution in [0.4, 0.5) is 0 Å². The first-order chi connectivity index (χ1) is 4.74. The van der Waals surface area contributed by atoms with E-state index < -0.39 is 6.10 Å². The molecule has 0 bridgehead atoms. The molecule has 0 spiro atoms. The maximum absolute atomic E-state index is 9.04. The van der Waals surface area contributed by atoms with Crippen LogP contribution in [0.3, 0.4) is 0 Å². The molecule has 1 aromatic rings. The third-order valence-corrected chi connectivity index (χ3v) is 2.43. The third-order valence-electron chi connectivity index (χ3n) is 1.10. The molecule has 0 saturated heterocycles. The summed E-state index contributed by atoms with van der Waals surface area (Å²) in [6.07, 6.45) is -0.780. The molecule has 1 atom stereocenters. The lowest BCUT2D eigenvalue weighted by atomic mass is 10.3. The predicted molar refractivity (Wildman–Crippen MR) is 41.4 cm³/mol. The maximum atomic E-state index is 9.04. The summed E-state index contributed by atoms with van der Waals surface area (Å²) in [7, 11) is 0. The Morgan fingerprint density at radius 2 is 2.30 bits per heavy atom. The standard InChI is InChI=1S/C6H7ClO2S/c7-6-2-1-5(10-6)4(9)3-8/h1-2,4,8-9H,3H2/t4-/m1/s1. The molecule has 56 valence electrons. The van der Waals surface area contributed by atoms with Gasteiger partial charge in [0, 0.05) is 4.88 Å². The monoisotopic (exact) mass is 178 g/mol. The molecule has 0 aromatic carbocycles. The molecule has 0 radical (unpaired) electrons. The number of thiophene rings is 1. The first-order valence-electron chi connectivity index (χ1n) is 2.78. The van der Waals surface area contributed by atoms with E-state index in [2.05, 4.69) is 0 Å². The van der Waals surface area contributed by atoms with Gasteiger partial charge in [-0.25, -0.2) is 0 Å². The lowest BCUT2D eigenvalue weighted by Crippen LogP contribution is -1.98. The second kappa shape index (κ2) is 3.34. The van der Waals surface area contributed by atoms with E-state index in [-0.39, 0.29) is 6.61 Å². The molecule has 2 N–H and O–H groups in total. The van der Waals surface area contributed by atoms with Crippen LogP contribution in [0, 0.1) is 0 Å². The maximum Gasteiger partial charge on any atom is 0.111 e. The van der Waals surface area contributed by atoms with E-state index in [4.69, 9.17) is 21.8 Å². The normalized spacial score (nSPS) is 13.5. The van der Waals surface area contributed by atoms with Crippen molar-refractivity contribution < 1.29 is 10.2 Å². The molecular weight excluding hydrogens is 172 g/mol. The van der Waals surface area contributed by atoms with Crippen molar-refractivity contribution >= 4 is 22.9 Å². The summed E-state index contributed by atoms with van der Waals surface area (Å²) in [5.74, 6) is 0. The molecule has 0 saturated carbocycles. The zero-order chi connectivity index (χ0) is 7.56. The van der Waals surface area contributed by atoms with Crippen molar-refractivity contribution in [3.05, 3.63) is 21.3 Å². The summed E-state index contributed by atoms with van der Waals surface area (Å²) < 4.78 is 0.627. The van der Waals surface area contributed by atoms with E-state index in [0.29, 0.717) is 9.21 Å². The highest BCUT2D eigenvalue weighted by atomic mass is 35.5. The Balaban J connectivity index is 2.74. The average molecular weight is 179 g/mol. The van der Waals surface area contributed by atoms with E-state index >= 15 is 0 Å². The number of hydrogen-bond acceptors (Lipinski definition) is 3. The quantitative estimate of drug-likeness (QED) is 0.720. The van der Waals surface area contributed by atoms with Gasteiger partial charge in [0.1, 0.15) is 6.10 Å². The number of aliphatic hydroxyl groups is 2. The fourth-order valence-corrected chi connectivity index (χ4v) is 1.64. The predicted octanol–water partition coefficient (Wildman–Crippen LogP) is 1.43. The average Bonchev–Trinajstić information content (AvgIpc) is 2.34. The van der Waals surface area contributed by atoms with Gasteiger partial charge in [-0.3, -0.25) is 0 Å². The summed E-state index contributed by atoms with van der Waals surface area (Å²) in [4.78, 5) is 0.701. The fourth-order valence-electron chi connectivity index (χ4n) is 0.597. The van der Waals surface area contributed by atoms with Crippen molar-refractivity contribution in [1.29, 1.82) is 0 Å². The highest BCUT2D eigenvalue weighted by molar-refractivity contribution is 7.16. The molecular formula is C6H7ClO2S. The Bertz CT molecular complexity index is 211. The van der Waals surface area contributed by atoms with E-state index in [0.717, 1.165) is 0 Å². The van der Waals surface area contributed by atoms with Crippen LogP contribution >= 0.6 is 22.9 Å². The minimum atomic E-state index is -0.780. The second-order valence-corrected chi connectivity index (χ2v) is 3.59. The largest absolute Gasteiger partial charge is 0.393 e. The highest BCUT2D eigenvalue weighted by Gasteiger charge is 2.07. The molecule has 4 heteroatoms. The van der Waals surface area contributed by atoms with Crippen molar-refractivity contribution in [2.24, 2.45) is 0 Å². The van der Waals surface area contributed by atoms with Gasteiger partial charge in [0.05, 0.1) is 10.9 Å². The van der Waals surface area contributed by atoms with Gasteiger partial charge < -0.3 is 10.2 Å². The highest BCUT2D eigenvalue weighted by Crippen LogP contribution is 2.26. The van der Waals surface area contributed by atoms with Gasteiger partial charge in [-0.2, -0.15) is 0 Å². The SMILES string of the molecule is OC[C@@H](O)c1ccc(Cl)s1. The van der Waals surface area contributed by atoms with Crippen molar-refractivity contribution in [3.8, 4) is 0 Å². The van der Waals surface area contributed by atoms with Crippen molar-refractivity contribution in [3.63, 3.8) is 0 Å².